The number of ketones is 1. The molecule has 142 valence electrons. The third-order valence-corrected chi connectivity index (χ3v) is 5.56. The van der Waals surface area contributed by atoms with Gasteiger partial charge in [0.1, 0.15) is 0 Å². The number of hydrogen-bond donors (Lipinski definition) is 2. The molecule has 0 aliphatic heterocycles. The summed E-state index contributed by atoms with van der Waals surface area (Å²) in [5.74, 6) is -0.141. The van der Waals surface area contributed by atoms with E-state index in [-0.39, 0.29) is 17.2 Å². The second-order valence-electron chi connectivity index (χ2n) is 7.25. The number of Topliss-reactive ketones (excluding diaryl/α,β-unsaturated/α-hetero) is 1. The molecule has 0 bridgehead atoms. The third kappa shape index (κ3) is 5.39. The van der Waals surface area contributed by atoms with E-state index in [1.807, 2.05) is 6.07 Å². The highest BCUT2D eigenvalue weighted by Gasteiger charge is 2.24. The molecule has 0 amide bonds. The van der Waals surface area contributed by atoms with Gasteiger partial charge in [-0.2, -0.15) is 5.26 Å². The van der Waals surface area contributed by atoms with Crippen molar-refractivity contribution in [2.75, 3.05) is 5.32 Å². The predicted molar refractivity (Wildman–Crippen MR) is 105 cm³/mol. The molecule has 0 aromatic heterocycles. The molecule has 0 saturated heterocycles. The Bertz CT molecular complexity index is 1000. The van der Waals surface area contributed by atoms with Gasteiger partial charge in [-0.3, -0.25) is 4.79 Å². The van der Waals surface area contributed by atoms with E-state index in [1.54, 1.807) is 63.2 Å². The van der Waals surface area contributed by atoms with Crippen LogP contribution in [0.2, 0.25) is 0 Å². The van der Waals surface area contributed by atoms with Crippen LogP contribution in [0.4, 0.5) is 5.69 Å². The highest BCUT2D eigenvalue weighted by Crippen LogP contribution is 2.22. The normalized spacial score (nSPS) is 11.7. The van der Waals surface area contributed by atoms with Crippen LogP contribution in [0.15, 0.2) is 47.4 Å². The molecule has 0 unspecified atom stereocenters. The molecule has 27 heavy (non-hydrogen) atoms. The van der Waals surface area contributed by atoms with Crippen molar-refractivity contribution in [3.63, 3.8) is 0 Å². The molecule has 2 aromatic rings. The standard InChI is InChI=1S/C20H23N3O3S/c1-14(24)17-10-9-15(12-21)11-18(17)22-13-16-7-5-6-8-19(16)27(25,26)23-20(2,3)4/h5-11,22-23H,13H2,1-4H3. The number of hydrogen-bond acceptors (Lipinski definition) is 5. The van der Waals surface area contributed by atoms with Gasteiger partial charge < -0.3 is 5.32 Å². The van der Waals surface area contributed by atoms with E-state index in [2.05, 4.69) is 10.0 Å². The molecular formula is C20H23N3O3S. The number of nitriles is 1. The van der Waals surface area contributed by atoms with E-state index in [0.717, 1.165) is 0 Å². The number of carbonyl (C=O) groups is 1. The fourth-order valence-electron chi connectivity index (χ4n) is 2.63. The highest BCUT2D eigenvalue weighted by molar-refractivity contribution is 7.89. The minimum Gasteiger partial charge on any atom is -0.380 e. The number of carbonyl (C=O) groups excluding carboxylic acids is 1. The molecular weight excluding hydrogens is 362 g/mol. The van der Waals surface area contributed by atoms with E-state index >= 15 is 0 Å². The number of benzene rings is 2. The monoisotopic (exact) mass is 385 g/mol. The molecule has 0 fully saturated rings. The number of nitrogens with zero attached hydrogens (tertiary/aromatic N) is 1. The summed E-state index contributed by atoms with van der Waals surface area (Å²) in [6, 6.07) is 13.5. The lowest BCUT2D eigenvalue weighted by molar-refractivity contribution is 0.101. The van der Waals surface area contributed by atoms with Gasteiger partial charge in [0.05, 0.1) is 16.5 Å². The van der Waals surface area contributed by atoms with Crippen molar-refractivity contribution in [3.05, 3.63) is 59.2 Å². The quantitative estimate of drug-likeness (QED) is 0.742. The molecule has 0 aliphatic carbocycles. The molecule has 0 spiro atoms. The van der Waals surface area contributed by atoms with Crippen molar-refractivity contribution in [2.45, 2.75) is 44.7 Å². The van der Waals surface area contributed by atoms with Gasteiger partial charge in [-0.25, -0.2) is 13.1 Å². The summed E-state index contributed by atoms with van der Waals surface area (Å²) in [6.45, 7) is 6.96. The lowest BCUT2D eigenvalue weighted by atomic mass is 10.1. The van der Waals surface area contributed by atoms with Crippen molar-refractivity contribution in [2.24, 2.45) is 0 Å². The molecule has 6 nitrogen and oxygen atoms in total. The average Bonchev–Trinajstić information content (AvgIpc) is 2.57. The first-order valence-corrected chi connectivity index (χ1v) is 9.92. The Morgan fingerprint density at radius 2 is 1.81 bits per heavy atom. The van der Waals surface area contributed by atoms with Gasteiger partial charge in [0.25, 0.3) is 0 Å². The summed E-state index contributed by atoms with van der Waals surface area (Å²) >= 11 is 0. The molecule has 0 radical (unpaired) electrons. The molecule has 7 heteroatoms. The van der Waals surface area contributed by atoms with E-state index in [9.17, 15) is 13.2 Å². The Hall–Kier alpha value is -2.69. The van der Waals surface area contributed by atoms with E-state index in [4.69, 9.17) is 5.26 Å². The Labute approximate surface area is 160 Å². The number of sulfonamides is 1. The van der Waals surface area contributed by atoms with Gasteiger partial charge in [-0.15, -0.1) is 0 Å². The zero-order valence-corrected chi connectivity index (χ0v) is 16.6. The Morgan fingerprint density at radius 1 is 1.15 bits per heavy atom. The summed E-state index contributed by atoms with van der Waals surface area (Å²) in [4.78, 5) is 12.0. The summed E-state index contributed by atoms with van der Waals surface area (Å²) in [5, 5.41) is 12.2. The van der Waals surface area contributed by atoms with Crippen molar-refractivity contribution in [1.82, 2.24) is 4.72 Å². The van der Waals surface area contributed by atoms with Crippen LogP contribution in [0.25, 0.3) is 0 Å². The summed E-state index contributed by atoms with van der Waals surface area (Å²) in [7, 11) is -3.70. The van der Waals surface area contributed by atoms with Gasteiger partial charge in [0, 0.05) is 23.3 Å². The van der Waals surface area contributed by atoms with Crippen molar-refractivity contribution in [3.8, 4) is 6.07 Å². The van der Waals surface area contributed by atoms with Crippen LogP contribution in [0.3, 0.4) is 0 Å². The first-order chi connectivity index (χ1) is 12.5. The first kappa shape index (κ1) is 20.6. The van der Waals surface area contributed by atoms with Crippen LogP contribution >= 0.6 is 0 Å². The zero-order chi connectivity index (χ0) is 20.2. The number of rotatable bonds is 6. The lowest BCUT2D eigenvalue weighted by Crippen LogP contribution is -2.40. The maximum Gasteiger partial charge on any atom is 0.241 e. The Morgan fingerprint density at radius 3 is 2.41 bits per heavy atom. The topological polar surface area (TPSA) is 99.1 Å². The van der Waals surface area contributed by atoms with Crippen LogP contribution in [-0.4, -0.2) is 19.7 Å². The van der Waals surface area contributed by atoms with Gasteiger partial charge in [0.15, 0.2) is 5.78 Å². The summed E-state index contributed by atoms with van der Waals surface area (Å²) < 4.78 is 28.1. The number of anilines is 1. The second kappa shape index (κ2) is 7.91. The summed E-state index contributed by atoms with van der Waals surface area (Å²) in [6.07, 6.45) is 0. The Kier molecular flexibility index (Phi) is 6.04. The van der Waals surface area contributed by atoms with E-state index in [1.165, 1.54) is 6.92 Å². The van der Waals surface area contributed by atoms with Crippen molar-refractivity contribution < 1.29 is 13.2 Å². The largest absolute Gasteiger partial charge is 0.380 e. The molecule has 2 rings (SSSR count). The van der Waals surface area contributed by atoms with Crippen LogP contribution in [0.1, 0.15) is 49.2 Å². The van der Waals surface area contributed by atoms with Gasteiger partial charge in [0.2, 0.25) is 10.0 Å². The van der Waals surface area contributed by atoms with Crippen LogP contribution in [0.5, 0.6) is 0 Å². The third-order valence-electron chi connectivity index (χ3n) is 3.70. The minimum absolute atomic E-state index is 0.141. The fraction of sp³-hybridized carbons (Fsp3) is 0.300. The fourth-order valence-corrected chi connectivity index (χ4v) is 4.29. The molecule has 2 N–H and O–H groups in total. The van der Waals surface area contributed by atoms with Gasteiger partial charge in [-0.05, 0) is 57.5 Å². The number of nitrogens with one attached hydrogen (secondary N) is 2. The zero-order valence-electron chi connectivity index (χ0n) is 15.8. The highest BCUT2D eigenvalue weighted by atomic mass is 32.2. The van der Waals surface area contributed by atoms with Crippen LogP contribution in [-0.2, 0) is 16.6 Å². The molecule has 0 atom stereocenters. The second-order valence-corrected chi connectivity index (χ2v) is 8.90. The first-order valence-electron chi connectivity index (χ1n) is 8.44. The van der Waals surface area contributed by atoms with Crippen molar-refractivity contribution >= 4 is 21.5 Å². The lowest BCUT2D eigenvalue weighted by Gasteiger charge is -2.22. The minimum atomic E-state index is -3.70. The SMILES string of the molecule is CC(=O)c1ccc(C#N)cc1NCc1ccccc1S(=O)(=O)NC(C)(C)C. The molecule has 0 heterocycles. The Balaban J connectivity index is 2.36. The summed E-state index contributed by atoms with van der Waals surface area (Å²) in [5.41, 5.74) is 1.31. The van der Waals surface area contributed by atoms with Crippen molar-refractivity contribution in [1.29, 1.82) is 5.26 Å². The van der Waals surface area contributed by atoms with E-state index < -0.39 is 15.6 Å². The van der Waals surface area contributed by atoms with Crippen LogP contribution < -0.4 is 10.0 Å². The molecule has 2 aromatic carbocycles. The maximum absolute atomic E-state index is 12.7. The average molecular weight is 385 g/mol. The molecule has 0 aliphatic rings. The smallest absolute Gasteiger partial charge is 0.241 e. The predicted octanol–water partition coefficient (Wildman–Crippen LogP) is 3.45. The van der Waals surface area contributed by atoms with Gasteiger partial charge in [-0.1, -0.05) is 18.2 Å². The van der Waals surface area contributed by atoms with Gasteiger partial charge >= 0.3 is 0 Å². The maximum atomic E-state index is 12.7. The van der Waals surface area contributed by atoms with E-state index in [0.29, 0.717) is 22.4 Å². The molecule has 0 saturated carbocycles. The van der Waals surface area contributed by atoms with Crippen LogP contribution in [0, 0.1) is 11.3 Å².